The monoisotopic (exact) mass is 316 g/mol. The first kappa shape index (κ1) is 16.7. The highest BCUT2D eigenvalue weighted by atomic mass is 32.2. The van der Waals surface area contributed by atoms with E-state index < -0.39 is 9.84 Å². The lowest BCUT2D eigenvalue weighted by Gasteiger charge is -2.35. The summed E-state index contributed by atoms with van der Waals surface area (Å²) in [6.07, 6.45) is 7.07. The molecule has 0 bridgehead atoms. The van der Waals surface area contributed by atoms with Gasteiger partial charge in [-0.25, -0.2) is 8.42 Å². The molecule has 2 heterocycles. The van der Waals surface area contributed by atoms with Gasteiger partial charge in [-0.05, 0) is 45.2 Å². The first-order valence-corrected chi connectivity index (χ1v) is 10.2. The van der Waals surface area contributed by atoms with Crippen LogP contribution in [0.3, 0.4) is 0 Å². The van der Waals surface area contributed by atoms with Crippen LogP contribution in [0.5, 0.6) is 0 Å². The minimum absolute atomic E-state index is 0.262. The summed E-state index contributed by atoms with van der Waals surface area (Å²) in [6.45, 7) is 4.70. The number of hydrogen-bond acceptors (Lipinski definition) is 4. The molecule has 0 saturated carbocycles. The van der Waals surface area contributed by atoms with Crippen LogP contribution in [0.2, 0.25) is 0 Å². The van der Waals surface area contributed by atoms with Crippen molar-refractivity contribution in [1.29, 1.82) is 0 Å². The first-order chi connectivity index (χ1) is 9.92. The molecule has 0 spiro atoms. The zero-order chi connectivity index (χ0) is 15.5. The van der Waals surface area contributed by atoms with E-state index in [1.165, 1.54) is 6.26 Å². The van der Waals surface area contributed by atoms with E-state index in [-0.39, 0.29) is 11.7 Å². The molecular weight excluding hydrogens is 288 g/mol. The molecular formula is C15H28N2O3S. The molecule has 2 aliphatic rings. The van der Waals surface area contributed by atoms with Crippen LogP contribution in [0.15, 0.2) is 0 Å². The van der Waals surface area contributed by atoms with Crippen LogP contribution >= 0.6 is 0 Å². The van der Waals surface area contributed by atoms with Gasteiger partial charge in [0, 0.05) is 31.3 Å². The number of carbonyl (C=O) groups excluding carboxylic acids is 1. The van der Waals surface area contributed by atoms with Crippen molar-refractivity contribution in [3.05, 3.63) is 0 Å². The molecule has 0 N–H and O–H groups in total. The highest BCUT2D eigenvalue weighted by Gasteiger charge is 2.38. The van der Waals surface area contributed by atoms with Gasteiger partial charge in [0.2, 0.25) is 5.91 Å². The van der Waals surface area contributed by atoms with Gasteiger partial charge in [0.25, 0.3) is 0 Å². The van der Waals surface area contributed by atoms with Crippen molar-refractivity contribution in [2.24, 2.45) is 0 Å². The molecule has 1 amide bonds. The number of carbonyl (C=O) groups is 1. The molecule has 0 unspecified atom stereocenters. The first-order valence-electron chi connectivity index (χ1n) is 8.13. The minimum atomic E-state index is -2.87. The van der Waals surface area contributed by atoms with Crippen molar-refractivity contribution in [2.45, 2.75) is 57.5 Å². The average Bonchev–Trinajstić information content (AvgIpc) is 3.03. The van der Waals surface area contributed by atoms with Crippen molar-refractivity contribution in [1.82, 2.24) is 9.80 Å². The Kier molecular flexibility index (Phi) is 5.66. The summed E-state index contributed by atoms with van der Waals surface area (Å²) < 4.78 is 22.5. The molecule has 0 aliphatic carbocycles. The molecule has 0 aromatic heterocycles. The fourth-order valence-electron chi connectivity index (χ4n) is 3.80. The average molecular weight is 316 g/mol. The van der Waals surface area contributed by atoms with Gasteiger partial charge in [-0.3, -0.25) is 9.69 Å². The van der Waals surface area contributed by atoms with Gasteiger partial charge in [0.05, 0.1) is 5.75 Å². The third-order valence-corrected chi connectivity index (χ3v) is 5.77. The van der Waals surface area contributed by atoms with Gasteiger partial charge < -0.3 is 4.90 Å². The molecule has 2 fully saturated rings. The molecule has 2 rings (SSSR count). The van der Waals surface area contributed by atoms with E-state index in [0.717, 1.165) is 45.3 Å². The summed E-state index contributed by atoms with van der Waals surface area (Å²) in [6, 6.07) is 0.778. The van der Waals surface area contributed by atoms with Crippen LogP contribution in [0.1, 0.15) is 45.4 Å². The molecule has 21 heavy (non-hydrogen) atoms. The minimum Gasteiger partial charge on any atom is -0.338 e. The van der Waals surface area contributed by atoms with Crippen LogP contribution in [-0.2, 0) is 14.6 Å². The molecule has 6 heteroatoms. The fourth-order valence-corrected chi connectivity index (χ4v) is 4.45. The number of sulfone groups is 1. The van der Waals surface area contributed by atoms with Crippen molar-refractivity contribution in [3.8, 4) is 0 Å². The predicted molar refractivity (Wildman–Crippen MR) is 83.9 cm³/mol. The van der Waals surface area contributed by atoms with Gasteiger partial charge >= 0.3 is 0 Å². The van der Waals surface area contributed by atoms with Crippen LogP contribution in [-0.4, -0.2) is 67.9 Å². The molecule has 0 radical (unpaired) electrons. The lowest BCUT2D eigenvalue weighted by molar-refractivity contribution is -0.132. The second kappa shape index (κ2) is 7.09. The number of amides is 1. The zero-order valence-electron chi connectivity index (χ0n) is 13.3. The Labute approximate surface area is 128 Å². The Hall–Kier alpha value is -0.620. The van der Waals surface area contributed by atoms with E-state index in [4.69, 9.17) is 0 Å². The largest absolute Gasteiger partial charge is 0.338 e. The maximum atomic E-state index is 12.1. The van der Waals surface area contributed by atoms with E-state index in [2.05, 4.69) is 9.80 Å². The number of hydrogen-bond donors (Lipinski definition) is 0. The summed E-state index contributed by atoms with van der Waals surface area (Å²) >= 11 is 0. The third-order valence-electron chi connectivity index (χ3n) is 4.74. The van der Waals surface area contributed by atoms with Crippen molar-refractivity contribution < 1.29 is 13.2 Å². The fraction of sp³-hybridized carbons (Fsp3) is 0.933. The third kappa shape index (κ3) is 4.42. The standard InChI is InChI=1S/C15H28N2O3S/c1-3-15(18)17-11-5-8-14(17)13-7-4-9-16(13)10-6-12-21(2,19)20/h13-14H,3-12H2,1-2H3/t13-,14+/m1/s1. The lowest BCUT2D eigenvalue weighted by Crippen LogP contribution is -2.48. The summed E-state index contributed by atoms with van der Waals surface area (Å²) in [7, 11) is -2.87. The number of rotatable bonds is 6. The second-order valence-electron chi connectivity index (χ2n) is 6.38. The van der Waals surface area contributed by atoms with Crippen LogP contribution < -0.4 is 0 Å². The Balaban J connectivity index is 1.93. The summed E-state index contributed by atoms with van der Waals surface area (Å²) in [4.78, 5) is 16.5. The van der Waals surface area contributed by atoms with Crippen molar-refractivity contribution >= 4 is 15.7 Å². The SMILES string of the molecule is CCC(=O)N1CCC[C@H]1[C@H]1CCCN1CCCS(C)(=O)=O. The molecule has 2 atom stereocenters. The quantitative estimate of drug-likeness (QED) is 0.741. The smallest absolute Gasteiger partial charge is 0.222 e. The zero-order valence-corrected chi connectivity index (χ0v) is 14.1. The highest BCUT2D eigenvalue weighted by Crippen LogP contribution is 2.30. The second-order valence-corrected chi connectivity index (χ2v) is 8.64. The van der Waals surface area contributed by atoms with Crippen LogP contribution in [0.4, 0.5) is 0 Å². The van der Waals surface area contributed by atoms with Crippen molar-refractivity contribution in [3.63, 3.8) is 0 Å². The van der Waals surface area contributed by atoms with Crippen LogP contribution in [0, 0.1) is 0 Å². The Morgan fingerprint density at radius 2 is 1.81 bits per heavy atom. The maximum Gasteiger partial charge on any atom is 0.222 e. The summed E-state index contributed by atoms with van der Waals surface area (Å²) in [5.41, 5.74) is 0. The Bertz CT molecular complexity index is 464. The van der Waals surface area contributed by atoms with E-state index in [0.29, 0.717) is 24.9 Å². The van der Waals surface area contributed by atoms with E-state index in [1.807, 2.05) is 6.92 Å². The molecule has 0 aromatic rings. The number of likely N-dealkylation sites (tertiary alicyclic amines) is 2. The highest BCUT2D eigenvalue weighted by molar-refractivity contribution is 7.90. The molecule has 2 saturated heterocycles. The van der Waals surface area contributed by atoms with Gasteiger partial charge in [-0.2, -0.15) is 0 Å². The van der Waals surface area contributed by atoms with Gasteiger partial charge in [-0.15, -0.1) is 0 Å². The summed E-state index contributed by atoms with van der Waals surface area (Å²) in [5.74, 6) is 0.527. The van der Waals surface area contributed by atoms with Crippen molar-refractivity contribution in [2.75, 3.05) is 31.6 Å². The summed E-state index contributed by atoms with van der Waals surface area (Å²) in [5, 5.41) is 0. The van der Waals surface area contributed by atoms with E-state index in [9.17, 15) is 13.2 Å². The van der Waals surface area contributed by atoms with Crippen LogP contribution in [0.25, 0.3) is 0 Å². The molecule has 122 valence electrons. The Morgan fingerprint density at radius 3 is 2.48 bits per heavy atom. The van der Waals surface area contributed by atoms with E-state index >= 15 is 0 Å². The van der Waals surface area contributed by atoms with Gasteiger partial charge in [0.15, 0.2) is 0 Å². The normalized spacial score (nSPS) is 27.4. The molecule has 0 aromatic carbocycles. The Morgan fingerprint density at radius 1 is 1.14 bits per heavy atom. The van der Waals surface area contributed by atoms with E-state index in [1.54, 1.807) is 0 Å². The van der Waals surface area contributed by atoms with Gasteiger partial charge in [-0.1, -0.05) is 6.92 Å². The van der Waals surface area contributed by atoms with Gasteiger partial charge in [0.1, 0.15) is 9.84 Å². The topological polar surface area (TPSA) is 57.7 Å². The molecule has 5 nitrogen and oxygen atoms in total. The number of nitrogens with zero attached hydrogens (tertiary/aromatic N) is 2. The lowest BCUT2D eigenvalue weighted by atomic mass is 10.0. The predicted octanol–water partition coefficient (Wildman–Crippen LogP) is 1.29. The maximum absolute atomic E-state index is 12.1. The molecule has 2 aliphatic heterocycles.